The van der Waals surface area contributed by atoms with Crippen LogP contribution in [0.25, 0.3) is 0 Å². The van der Waals surface area contributed by atoms with Crippen LogP contribution in [0.2, 0.25) is 5.02 Å². The average Bonchev–Trinajstić information content (AvgIpc) is 2.37. The maximum absolute atomic E-state index is 12.2. The average molecular weight is 272 g/mol. The minimum atomic E-state index is -0.124. The summed E-state index contributed by atoms with van der Waals surface area (Å²) in [7, 11) is 1.58. The normalized spacial score (nSPS) is 10.4. The van der Waals surface area contributed by atoms with Crippen molar-refractivity contribution in [3.63, 3.8) is 0 Å². The number of aryl methyl sites for hydroxylation is 1. The smallest absolute Gasteiger partial charge is 0.254 e. The molecule has 1 rings (SSSR count). The van der Waals surface area contributed by atoms with Crippen molar-refractivity contribution >= 4 is 17.5 Å². The molecule has 1 aromatic carbocycles. The molecule has 0 heterocycles. The van der Waals surface area contributed by atoms with Crippen LogP contribution in [0.1, 0.15) is 15.9 Å². The number of hydrogen-bond acceptors (Lipinski definition) is 3. The third-order valence-corrected chi connectivity index (χ3v) is 3.05. The van der Waals surface area contributed by atoms with E-state index in [-0.39, 0.29) is 12.5 Å². The number of ether oxygens (including phenoxy) is 1. The molecule has 0 fully saturated rings. The summed E-state index contributed by atoms with van der Waals surface area (Å²) in [4.78, 5) is 13.8. The number of halogens is 1. The number of aliphatic hydroxyl groups excluding tert-OH is 1. The summed E-state index contributed by atoms with van der Waals surface area (Å²) in [6.45, 7) is 2.98. The van der Waals surface area contributed by atoms with E-state index < -0.39 is 0 Å². The highest BCUT2D eigenvalue weighted by molar-refractivity contribution is 6.31. The Morgan fingerprint density at radius 1 is 1.44 bits per heavy atom. The van der Waals surface area contributed by atoms with Gasteiger partial charge in [-0.3, -0.25) is 4.79 Å². The zero-order valence-electron chi connectivity index (χ0n) is 10.6. The Bertz CT molecular complexity index is 409. The van der Waals surface area contributed by atoms with E-state index in [1.54, 1.807) is 30.2 Å². The molecule has 0 unspecified atom stereocenters. The summed E-state index contributed by atoms with van der Waals surface area (Å²) in [5, 5.41) is 9.61. The van der Waals surface area contributed by atoms with Crippen LogP contribution in [0, 0.1) is 6.92 Å². The number of carbonyl (C=O) groups is 1. The first-order chi connectivity index (χ1) is 8.60. The molecule has 0 radical (unpaired) electrons. The van der Waals surface area contributed by atoms with Crippen molar-refractivity contribution in [3.05, 3.63) is 34.3 Å². The van der Waals surface area contributed by atoms with E-state index in [9.17, 15) is 4.79 Å². The van der Waals surface area contributed by atoms with Gasteiger partial charge in [-0.2, -0.15) is 0 Å². The van der Waals surface area contributed by atoms with Crippen molar-refractivity contribution in [2.75, 3.05) is 33.4 Å². The van der Waals surface area contributed by atoms with E-state index in [1.165, 1.54) is 0 Å². The molecule has 100 valence electrons. The van der Waals surface area contributed by atoms with E-state index in [4.69, 9.17) is 21.4 Å². The SMILES string of the molecule is COCCN(CCO)C(=O)c1ccc(Cl)c(C)c1. The molecule has 0 aliphatic heterocycles. The first-order valence-corrected chi connectivity index (χ1v) is 6.13. The molecular weight excluding hydrogens is 254 g/mol. The van der Waals surface area contributed by atoms with Gasteiger partial charge in [0.25, 0.3) is 5.91 Å². The van der Waals surface area contributed by atoms with E-state index >= 15 is 0 Å². The van der Waals surface area contributed by atoms with Gasteiger partial charge in [0.15, 0.2) is 0 Å². The molecule has 0 saturated carbocycles. The first-order valence-electron chi connectivity index (χ1n) is 5.75. The topological polar surface area (TPSA) is 49.8 Å². The van der Waals surface area contributed by atoms with Gasteiger partial charge in [0.2, 0.25) is 0 Å². The van der Waals surface area contributed by atoms with Gasteiger partial charge in [-0.1, -0.05) is 11.6 Å². The molecule has 0 aromatic heterocycles. The summed E-state index contributed by atoms with van der Waals surface area (Å²) in [6, 6.07) is 5.15. The molecule has 18 heavy (non-hydrogen) atoms. The number of hydrogen-bond donors (Lipinski definition) is 1. The van der Waals surface area contributed by atoms with Crippen LogP contribution in [0.15, 0.2) is 18.2 Å². The molecule has 0 bridgehead atoms. The number of rotatable bonds is 6. The molecule has 4 nitrogen and oxygen atoms in total. The number of benzene rings is 1. The standard InChI is InChI=1S/C13H18ClNO3/c1-10-9-11(3-4-12(10)14)13(17)15(5-7-16)6-8-18-2/h3-4,9,16H,5-8H2,1-2H3. The third kappa shape index (κ3) is 3.98. The highest BCUT2D eigenvalue weighted by atomic mass is 35.5. The van der Waals surface area contributed by atoms with Crippen LogP contribution < -0.4 is 0 Å². The monoisotopic (exact) mass is 271 g/mol. The molecule has 0 aliphatic carbocycles. The second-order valence-electron chi connectivity index (χ2n) is 3.97. The van der Waals surface area contributed by atoms with Crippen LogP contribution in [-0.4, -0.2) is 49.3 Å². The van der Waals surface area contributed by atoms with Gasteiger partial charge in [-0.05, 0) is 30.7 Å². The minimum absolute atomic E-state index is 0.0674. The number of amides is 1. The van der Waals surface area contributed by atoms with Crippen LogP contribution in [0.5, 0.6) is 0 Å². The predicted octanol–water partition coefficient (Wildman–Crippen LogP) is 1.73. The van der Waals surface area contributed by atoms with E-state index in [0.29, 0.717) is 30.3 Å². The highest BCUT2D eigenvalue weighted by Crippen LogP contribution is 2.17. The Labute approximate surface area is 112 Å². The molecule has 0 atom stereocenters. The Morgan fingerprint density at radius 2 is 2.17 bits per heavy atom. The lowest BCUT2D eigenvalue weighted by atomic mass is 10.1. The van der Waals surface area contributed by atoms with E-state index in [0.717, 1.165) is 5.56 Å². The zero-order valence-corrected chi connectivity index (χ0v) is 11.4. The van der Waals surface area contributed by atoms with Gasteiger partial charge in [0, 0.05) is 30.8 Å². The summed E-state index contributed by atoms with van der Waals surface area (Å²) in [5.74, 6) is -0.124. The predicted molar refractivity (Wildman–Crippen MR) is 71.1 cm³/mol. The van der Waals surface area contributed by atoms with Crippen LogP contribution in [-0.2, 0) is 4.74 Å². The Morgan fingerprint density at radius 3 is 2.72 bits per heavy atom. The lowest BCUT2D eigenvalue weighted by Crippen LogP contribution is -2.36. The fourth-order valence-electron chi connectivity index (χ4n) is 1.60. The Hall–Kier alpha value is -1.10. The minimum Gasteiger partial charge on any atom is -0.395 e. The van der Waals surface area contributed by atoms with Crippen molar-refractivity contribution in [3.8, 4) is 0 Å². The Kier molecular flexibility index (Phi) is 6.12. The molecule has 1 N–H and O–H groups in total. The fourth-order valence-corrected chi connectivity index (χ4v) is 1.71. The van der Waals surface area contributed by atoms with Crippen LogP contribution >= 0.6 is 11.6 Å². The quantitative estimate of drug-likeness (QED) is 0.857. The van der Waals surface area contributed by atoms with Gasteiger partial charge in [-0.25, -0.2) is 0 Å². The van der Waals surface area contributed by atoms with Crippen molar-refractivity contribution in [2.45, 2.75) is 6.92 Å². The summed E-state index contributed by atoms with van der Waals surface area (Å²) in [6.07, 6.45) is 0. The van der Waals surface area contributed by atoms with E-state index in [1.807, 2.05) is 6.92 Å². The molecule has 0 saturated heterocycles. The number of carbonyl (C=O) groups excluding carboxylic acids is 1. The van der Waals surface area contributed by atoms with Crippen LogP contribution in [0.3, 0.4) is 0 Å². The van der Waals surface area contributed by atoms with Gasteiger partial charge in [0.1, 0.15) is 0 Å². The molecule has 0 spiro atoms. The van der Waals surface area contributed by atoms with Crippen molar-refractivity contribution in [1.82, 2.24) is 4.90 Å². The molecule has 1 aromatic rings. The Balaban J connectivity index is 2.83. The second kappa shape index (κ2) is 7.36. The maximum atomic E-state index is 12.2. The second-order valence-corrected chi connectivity index (χ2v) is 4.38. The largest absolute Gasteiger partial charge is 0.395 e. The maximum Gasteiger partial charge on any atom is 0.254 e. The molecule has 1 amide bonds. The molecular formula is C13H18ClNO3. The zero-order chi connectivity index (χ0) is 13.5. The summed E-state index contributed by atoms with van der Waals surface area (Å²) >= 11 is 5.92. The third-order valence-electron chi connectivity index (χ3n) is 2.63. The number of aliphatic hydroxyl groups is 1. The van der Waals surface area contributed by atoms with E-state index in [2.05, 4.69) is 0 Å². The van der Waals surface area contributed by atoms with Gasteiger partial charge in [0.05, 0.1) is 13.2 Å². The van der Waals surface area contributed by atoms with Crippen molar-refractivity contribution < 1.29 is 14.6 Å². The molecule has 0 aliphatic rings. The number of methoxy groups -OCH3 is 1. The lowest BCUT2D eigenvalue weighted by molar-refractivity contribution is 0.0656. The first kappa shape index (κ1) is 15.0. The summed E-state index contributed by atoms with van der Waals surface area (Å²) < 4.78 is 4.95. The highest BCUT2D eigenvalue weighted by Gasteiger charge is 2.15. The van der Waals surface area contributed by atoms with Gasteiger partial charge in [-0.15, -0.1) is 0 Å². The molecule has 5 heteroatoms. The lowest BCUT2D eigenvalue weighted by Gasteiger charge is -2.21. The van der Waals surface area contributed by atoms with Gasteiger partial charge >= 0.3 is 0 Å². The number of nitrogens with zero attached hydrogens (tertiary/aromatic N) is 1. The fraction of sp³-hybridized carbons (Fsp3) is 0.462. The summed E-state index contributed by atoms with van der Waals surface area (Å²) in [5.41, 5.74) is 1.43. The van der Waals surface area contributed by atoms with Crippen molar-refractivity contribution in [2.24, 2.45) is 0 Å². The van der Waals surface area contributed by atoms with Gasteiger partial charge < -0.3 is 14.7 Å². The van der Waals surface area contributed by atoms with Crippen molar-refractivity contribution in [1.29, 1.82) is 0 Å². The van der Waals surface area contributed by atoms with Crippen LogP contribution in [0.4, 0.5) is 0 Å².